The van der Waals surface area contributed by atoms with Crippen LogP contribution in [0, 0.1) is 0 Å². The summed E-state index contributed by atoms with van der Waals surface area (Å²) in [4.78, 5) is 7.48. The molecule has 1 fully saturated rings. The molecule has 0 saturated carbocycles. The summed E-state index contributed by atoms with van der Waals surface area (Å²) < 4.78 is 5.91. The van der Waals surface area contributed by atoms with Crippen molar-refractivity contribution in [1.29, 1.82) is 0 Å². The van der Waals surface area contributed by atoms with Crippen molar-refractivity contribution < 1.29 is 4.74 Å². The van der Waals surface area contributed by atoms with Gasteiger partial charge in [0.2, 0.25) is 0 Å². The molecule has 150 valence electrons. The van der Waals surface area contributed by atoms with Gasteiger partial charge in [-0.25, -0.2) is 0 Å². The van der Waals surface area contributed by atoms with E-state index in [9.17, 15) is 0 Å². The minimum atomic E-state index is 0.115. The summed E-state index contributed by atoms with van der Waals surface area (Å²) in [7, 11) is 0. The molecular weight excluding hydrogens is 354 g/mol. The Morgan fingerprint density at radius 2 is 1.89 bits per heavy atom. The van der Waals surface area contributed by atoms with Crippen molar-refractivity contribution in [3.05, 3.63) is 29.8 Å². The second-order valence-electron chi connectivity index (χ2n) is 8.99. The molecule has 0 bridgehead atoms. The van der Waals surface area contributed by atoms with Crippen molar-refractivity contribution >= 4 is 16.9 Å². The SMILES string of the molecule is CCOc1ccccc1CN(C1=NCCCS1)C1CC(C)(C)NC(C)(C)C1. The van der Waals surface area contributed by atoms with Crippen LogP contribution < -0.4 is 10.1 Å². The summed E-state index contributed by atoms with van der Waals surface area (Å²) in [5, 5.41) is 5.03. The van der Waals surface area contributed by atoms with Crippen LogP contribution >= 0.6 is 11.8 Å². The smallest absolute Gasteiger partial charge is 0.159 e. The molecule has 2 aliphatic heterocycles. The quantitative estimate of drug-likeness (QED) is 0.793. The van der Waals surface area contributed by atoms with Crippen molar-refractivity contribution in [2.75, 3.05) is 18.9 Å². The third kappa shape index (κ3) is 5.41. The number of thioether (sulfide) groups is 1. The molecule has 0 aliphatic carbocycles. The maximum atomic E-state index is 5.91. The van der Waals surface area contributed by atoms with Crippen molar-refractivity contribution in [3.63, 3.8) is 0 Å². The third-order valence-electron chi connectivity index (χ3n) is 5.25. The van der Waals surface area contributed by atoms with Gasteiger partial charge < -0.3 is 15.0 Å². The Hall–Kier alpha value is -1.20. The zero-order valence-corrected chi connectivity index (χ0v) is 18.4. The van der Waals surface area contributed by atoms with Crippen LogP contribution in [0.4, 0.5) is 0 Å². The molecule has 0 radical (unpaired) electrons. The number of hydrogen-bond donors (Lipinski definition) is 1. The van der Waals surface area contributed by atoms with Crippen LogP contribution in [0.15, 0.2) is 29.3 Å². The molecule has 5 heteroatoms. The molecule has 2 heterocycles. The molecule has 1 saturated heterocycles. The summed E-state index contributed by atoms with van der Waals surface area (Å²) in [6.45, 7) is 13.8. The Morgan fingerprint density at radius 3 is 2.52 bits per heavy atom. The van der Waals surface area contributed by atoms with Gasteiger partial charge in [-0.3, -0.25) is 4.99 Å². The van der Waals surface area contributed by atoms with Crippen LogP contribution in [0.2, 0.25) is 0 Å². The number of amidine groups is 1. The Labute approximate surface area is 169 Å². The largest absolute Gasteiger partial charge is 0.494 e. The Bertz CT molecular complexity index is 655. The second kappa shape index (κ2) is 8.44. The van der Waals surface area contributed by atoms with Crippen molar-refractivity contribution in [2.24, 2.45) is 4.99 Å². The number of nitrogens with one attached hydrogen (secondary N) is 1. The Morgan fingerprint density at radius 1 is 1.19 bits per heavy atom. The number of aliphatic imine (C=N–C) groups is 1. The van der Waals surface area contributed by atoms with E-state index in [1.807, 2.05) is 18.7 Å². The first kappa shape index (κ1) is 20.5. The summed E-state index contributed by atoms with van der Waals surface area (Å²) in [5.41, 5.74) is 1.48. The lowest BCUT2D eigenvalue weighted by Crippen LogP contribution is -2.62. The van der Waals surface area contributed by atoms with Gasteiger partial charge in [-0.05, 0) is 59.9 Å². The monoisotopic (exact) mass is 389 g/mol. The van der Waals surface area contributed by atoms with Gasteiger partial charge in [-0.2, -0.15) is 0 Å². The first-order chi connectivity index (χ1) is 12.8. The van der Waals surface area contributed by atoms with Gasteiger partial charge in [-0.1, -0.05) is 30.0 Å². The van der Waals surface area contributed by atoms with E-state index < -0.39 is 0 Å². The molecule has 0 spiro atoms. The molecular formula is C22H35N3OS. The minimum absolute atomic E-state index is 0.115. The van der Waals surface area contributed by atoms with Gasteiger partial charge in [0, 0.05) is 41.5 Å². The number of hydrogen-bond acceptors (Lipinski definition) is 5. The second-order valence-corrected chi connectivity index (χ2v) is 10.1. The lowest BCUT2D eigenvalue weighted by atomic mass is 9.79. The van der Waals surface area contributed by atoms with E-state index in [4.69, 9.17) is 9.73 Å². The molecule has 1 aromatic carbocycles. The van der Waals surface area contributed by atoms with E-state index in [-0.39, 0.29) is 11.1 Å². The number of para-hydroxylation sites is 1. The molecule has 0 atom stereocenters. The van der Waals surface area contributed by atoms with Crippen LogP contribution in [0.5, 0.6) is 5.75 Å². The molecule has 27 heavy (non-hydrogen) atoms. The minimum Gasteiger partial charge on any atom is -0.494 e. The van der Waals surface area contributed by atoms with Crippen LogP contribution in [-0.4, -0.2) is 46.1 Å². The van der Waals surface area contributed by atoms with Crippen LogP contribution in [0.3, 0.4) is 0 Å². The average molecular weight is 390 g/mol. The van der Waals surface area contributed by atoms with E-state index in [0.717, 1.165) is 31.7 Å². The van der Waals surface area contributed by atoms with Gasteiger partial charge in [0.05, 0.1) is 6.61 Å². The topological polar surface area (TPSA) is 36.9 Å². The number of nitrogens with zero attached hydrogens (tertiary/aromatic N) is 2. The zero-order valence-electron chi connectivity index (χ0n) is 17.5. The van der Waals surface area contributed by atoms with Gasteiger partial charge in [0.1, 0.15) is 5.75 Å². The highest BCUT2D eigenvalue weighted by Gasteiger charge is 2.41. The van der Waals surface area contributed by atoms with Crippen LogP contribution in [-0.2, 0) is 6.54 Å². The van der Waals surface area contributed by atoms with E-state index in [1.54, 1.807) is 0 Å². The molecule has 1 N–H and O–H groups in total. The molecule has 4 nitrogen and oxygen atoms in total. The number of ether oxygens (including phenoxy) is 1. The normalized spacial score (nSPS) is 22.2. The van der Waals surface area contributed by atoms with Crippen LogP contribution in [0.25, 0.3) is 0 Å². The number of benzene rings is 1. The van der Waals surface area contributed by atoms with Gasteiger partial charge >= 0.3 is 0 Å². The fourth-order valence-electron chi connectivity index (χ4n) is 4.58. The first-order valence-corrected chi connectivity index (χ1v) is 11.2. The number of piperidine rings is 1. The standard InChI is InChI=1S/C22H35N3OS/c1-6-26-19-11-8-7-10-17(19)16-25(20-23-12-9-13-27-20)18-14-21(2,3)24-22(4,5)15-18/h7-8,10-11,18,24H,6,9,12-16H2,1-5H3. The molecule has 3 rings (SSSR count). The van der Waals surface area contributed by atoms with Gasteiger partial charge in [0.15, 0.2) is 5.17 Å². The van der Waals surface area contributed by atoms with Crippen LogP contribution in [0.1, 0.15) is 59.4 Å². The van der Waals surface area contributed by atoms with Crippen molar-refractivity contribution in [2.45, 2.75) is 77.5 Å². The summed E-state index contributed by atoms with van der Waals surface area (Å²) in [6, 6.07) is 8.92. The van der Waals surface area contributed by atoms with E-state index in [2.05, 4.69) is 62.2 Å². The van der Waals surface area contributed by atoms with Gasteiger partial charge in [-0.15, -0.1) is 0 Å². The molecule has 2 aliphatic rings. The fraction of sp³-hybridized carbons (Fsp3) is 0.682. The van der Waals surface area contributed by atoms with Crippen molar-refractivity contribution in [3.8, 4) is 5.75 Å². The summed E-state index contributed by atoms with van der Waals surface area (Å²) >= 11 is 1.92. The predicted molar refractivity (Wildman–Crippen MR) is 117 cm³/mol. The summed E-state index contributed by atoms with van der Waals surface area (Å²) in [5.74, 6) is 2.17. The predicted octanol–water partition coefficient (Wildman–Crippen LogP) is 4.69. The van der Waals surface area contributed by atoms with E-state index in [1.165, 1.54) is 22.9 Å². The highest BCUT2D eigenvalue weighted by atomic mass is 32.2. The summed E-state index contributed by atoms with van der Waals surface area (Å²) in [6.07, 6.45) is 3.42. The highest BCUT2D eigenvalue weighted by Crippen LogP contribution is 2.35. The molecule has 0 amide bonds. The van der Waals surface area contributed by atoms with Crippen molar-refractivity contribution in [1.82, 2.24) is 10.2 Å². The maximum Gasteiger partial charge on any atom is 0.159 e. The Kier molecular flexibility index (Phi) is 6.42. The third-order valence-corrected chi connectivity index (χ3v) is 6.36. The molecule has 0 aromatic heterocycles. The van der Waals surface area contributed by atoms with E-state index >= 15 is 0 Å². The number of rotatable bonds is 5. The lowest BCUT2D eigenvalue weighted by Gasteiger charge is -2.50. The lowest BCUT2D eigenvalue weighted by molar-refractivity contribution is 0.101. The molecule has 1 aromatic rings. The Balaban J connectivity index is 1.91. The maximum absolute atomic E-state index is 5.91. The molecule has 0 unspecified atom stereocenters. The first-order valence-electron chi connectivity index (χ1n) is 10.2. The zero-order chi connectivity index (χ0) is 19.5. The van der Waals surface area contributed by atoms with Gasteiger partial charge in [0.25, 0.3) is 0 Å². The van der Waals surface area contributed by atoms with E-state index in [0.29, 0.717) is 12.6 Å². The highest BCUT2D eigenvalue weighted by molar-refractivity contribution is 8.13. The fourth-order valence-corrected chi connectivity index (χ4v) is 5.60. The average Bonchev–Trinajstić information content (AvgIpc) is 2.59.